The molecule has 0 unspecified atom stereocenters. The Balaban J connectivity index is 2.69. The van der Waals surface area contributed by atoms with Crippen molar-refractivity contribution >= 4 is 28.9 Å². The first-order valence-electron chi connectivity index (χ1n) is 5.06. The van der Waals surface area contributed by atoms with E-state index in [0.717, 1.165) is 25.1 Å². The predicted octanol–water partition coefficient (Wildman–Crippen LogP) is 3.19. The molecule has 1 aromatic carbocycles. The summed E-state index contributed by atoms with van der Waals surface area (Å²) in [5.74, 6) is 0.593. The Hall–Kier alpha value is -0.640. The highest BCUT2D eigenvalue weighted by Crippen LogP contribution is 2.35. The average Bonchev–Trinajstić information content (AvgIpc) is 2.24. The summed E-state index contributed by atoms with van der Waals surface area (Å²) >= 11 is 11.9. The lowest BCUT2D eigenvalue weighted by molar-refractivity contribution is 0.286. The SMILES string of the molecule is COc1c(Cl)cc(Cl)cc1NCCCCO. The smallest absolute Gasteiger partial charge is 0.160 e. The molecule has 0 aromatic heterocycles. The van der Waals surface area contributed by atoms with Crippen LogP contribution in [0, 0.1) is 0 Å². The summed E-state index contributed by atoms with van der Waals surface area (Å²) in [4.78, 5) is 0. The van der Waals surface area contributed by atoms with Crippen LogP contribution in [0.15, 0.2) is 12.1 Å². The lowest BCUT2D eigenvalue weighted by atomic mass is 10.2. The van der Waals surface area contributed by atoms with Crippen LogP contribution in [0.5, 0.6) is 5.75 Å². The van der Waals surface area contributed by atoms with Gasteiger partial charge in [0.15, 0.2) is 5.75 Å². The maximum atomic E-state index is 8.66. The first-order chi connectivity index (χ1) is 7.69. The van der Waals surface area contributed by atoms with Gasteiger partial charge in [0.05, 0.1) is 17.8 Å². The Kier molecular flexibility index (Phi) is 5.74. The number of aliphatic hydroxyl groups excluding tert-OH is 1. The van der Waals surface area contributed by atoms with Gasteiger partial charge in [-0.3, -0.25) is 0 Å². The monoisotopic (exact) mass is 263 g/mol. The number of nitrogens with one attached hydrogen (secondary N) is 1. The van der Waals surface area contributed by atoms with Crippen molar-refractivity contribution in [2.24, 2.45) is 0 Å². The summed E-state index contributed by atoms with van der Waals surface area (Å²) in [6, 6.07) is 3.41. The van der Waals surface area contributed by atoms with Crippen LogP contribution in [0.3, 0.4) is 0 Å². The maximum absolute atomic E-state index is 8.66. The molecule has 0 atom stereocenters. The Morgan fingerprint density at radius 3 is 2.69 bits per heavy atom. The molecular formula is C11H15Cl2NO2. The quantitative estimate of drug-likeness (QED) is 0.775. The molecule has 0 heterocycles. The lowest BCUT2D eigenvalue weighted by Crippen LogP contribution is -2.04. The van der Waals surface area contributed by atoms with Crippen molar-refractivity contribution in [2.75, 3.05) is 25.6 Å². The highest BCUT2D eigenvalue weighted by Gasteiger charge is 2.08. The number of unbranched alkanes of at least 4 members (excludes halogenated alkanes) is 1. The van der Waals surface area contributed by atoms with E-state index >= 15 is 0 Å². The second-order valence-electron chi connectivity index (χ2n) is 3.33. The van der Waals surface area contributed by atoms with E-state index in [2.05, 4.69) is 5.32 Å². The topological polar surface area (TPSA) is 41.5 Å². The zero-order valence-corrected chi connectivity index (χ0v) is 10.6. The summed E-state index contributed by atoms with van der Waals surface area (Å²) in [7, 11) is 1.56. The number of ether oxygens (including phenoxy) is 1. The Morgan fingerprint density at radius 2 is 2.06 bits per heavy atom. The average molecular weight is 264 g/mol. The number of rotatable bonds is 6. The number of aliphatic hydroxyl groups is 1. The molecule has 0 aliphatic heterocycles. The summed E-state index contributed by atoms with van der Waals surface area (Å²) < 4.78 is 5.19. The van der Waals surface area contributed by atoms with E-state index in [1.165, 1.54) is 0 Å². The minimum absolute atomic E-state index is 0.203. The zero-order valence-electron chi connectivity index (χ0n) is 9.09. The molecule has 0 fully saturated rings. The third kappa shape index (κ3) is 3.74. The molecule has 16 heavy (non-hydrogen) atoms. The number of hydrogen-bond donors (Lipinski definition) is 2. The highest BCUT2D eigenvalue weighted by molar-refractivity contribution is 6.36. The molecule has 2 N–H and O–H groups in total. The molecule has 0 saturated carbocycles. The molecule has 0 aliphatic carbocycles. The molecule has 0 bridgehead atoms. The maximum Gasteiger partial charge on any atom is 0.160 e. The summed E-state index contributed by atoms with van der Waals surface area (Å²) in [6.45, 7) is 0.947. The van der Waals surface area contributed by atoms with Crippen molar-refractivity contribution in [2.45, 2.75) is 12.8 Å². The summed E-state index contributed by atoms with van der Waals surface area (Å²) in [6.07, 6.45) is 1.65. The van der Waals surface area contributed by atoms with Gasteiger partial charge in [-0.25, -0.2) is 0 Å². The van der Waals surface area contributed by atoms with Crippen LogP contribution in [-0.4, -0.2) is 25.4 Å². The number of anilines is 1. The molecule has 0 aliphatic rings. The van der Waals surface area contributed by atoms with Crippen LogP contribution < -0.4 is 10.1 Å². The Morgan fingerprint density at radius 1 is 1.31 bits per heavy atom. The Bertz CT molecular complexity index is 345. The molecule has 0 saturated heterocycles. The molecule has 1 rings (SSSR count). The minimum Gasteiger partial charge on any atom is -0.493 e. The molecule has 0 amide bonds. The normalized spacial score (nSPS) is 10.2. The van der Waals surface area contributed by atoms with Gasteiger partial charge in [0, 0.05) is 18.2 Å². The van der Waals surface area contributed by atoms with Gasteiger partial charge in [0.25, 0.3) is 0 Å². The van der Waals surface area contributed by atoms with Gasteiger partial charge in [-0.1, -0.05) is 23.2 Å². The fourth-order valence-electron chi connectivity index (χ4n) is 1.36. The second kappa shape index (κ2) is 6.84. The second-order valence-corrected chi connectivity index (χ2v) is 4.17. The van der Waals surface area contributed by atoms with Crippen LogP contribution in [0.4, 0.5) is 5.69 Å². The highest BCUT2D eigenvalue weighted by atomic mass is 35.5. The van der Waals surface area contributed by atoms with E-state index in [1.54, 1.807) is 19.2 Å². The number of halogens is 2. The van der Waals surface area contributed by atoms with E-state index in [4.69, 9.17) is 33.0 Å². The van der Waals surface area contributed by atoms with Gasteiger partial charge in [0.1, 0.15) is 0 Å². The van der Waals surface area contributed by atoms with E-state index < -0.39 is 0 Å². The third-order valence-corrected chi connectivity index (χ3v) is 2.61. The van der Waals surface area contributed by atoms with Crippen molar-refractivity contribution in [3.8, 4) is 5.75 Å². The first kappa shape index (κ1) is 13.4. The van der Waals surface area contributed by atoms with Gasteiger partial charge < -0.3 is 15.2 Å². The van der Waals surface area contributed by atoms with Crippen LogP contribution in [0.1, 0.15) is 12.8 Å². The molecular weight excluding hydrogens is 249 g/mol. The van der Waals surface area contributed by atoms with Gasteiger partial charge in [0.2, 0.25) is 0 Å². The zero-order chi connectivity index (χ0) is 12.0. The van der Waals surface area contributed by atoms with E-state index in [1.807, 2.05) is 0 Å². The lowest BCUT2D eigenvalue weighted by Gasteiger charge is -2.12. The third-order valence-electron chi connectivity index (χ3n) is 2.11. The minimum atomic E-state index is 0.203. The summed E-state index contributed by atoms with van der Waals surface area (Å²) in [5.41, 5.74) is 0.776. The van der Waals surface area contributed by atoms with Crippen LogP contribution in [-0.2, 0) is 0 Å². The molecule has 0 radical (unpaired) electrons. The molecule has 3 nitrogen and oxygen atoms in total. The number of methoxy groups -OCH3 is 1. The van der Waals surface area contributed by atoms with E-state index in [0.29, 0.717) is 15.8 Å². The van der Waals surface area contributed by atoms with E-state index in [-0.39, 0.29) is 6.61 Å². The summed E-state index contributed by atoms with van der Waals surface area (Å²) in [5, 5.41) is 12.9. The fourth-order valence-corrected chi connectivity index (χ4v) is 1.93. The Labute approximate surface area is 105 Å². The van der Waals surface area contributed by atoms with Crippen LogP contribution in [0.25, 0.3) is 0 Å². The van der Waals surface area contributed by atoms with Crippen molar-refractivity contribution in [1.29, 1.82) is 0 Å². The molecule has 1 aromatic rings. The first-order valence-corrected chi connectivity index (χ1v) is 5.82. The van der Waals surface area contributed by atoms with Crippen molar-refractivity contribution in [1.82, 2.24) is 0 Å². The van der Waals surface area contributed by atoms with Gasteiger partial charge in [-0.05, 0) is 25.0 Å². The van der Waals surface area contributed by atoms with Crippen molar-refractivity contribution < 1.29 is 9.84 Å². The molecule has 5 heteroatoms. The van der Waals surface area contributed by atoms with Crippen LogP contribution >= 0.6 is 23.2 Å². The molecule has 0 spiro atoms. The fraction of sp³-hybridized carbons (Fsp3) is 0.455. The van der Waals surface area contributed by atoms with Crippen molar-refractivity contribution in [3.05, 3.63) is 22.2 Å². The predicted molar refractivity (Wildman–Crippen MR) is 67.8 cm³/mol. The van der Waals surface area contributed by atoms with Gasteiger partial charge in [-0.2, -0.15) is 0 Å². The number of benzene rings is 1. The van der Waals surface area contributed by atoms with Gasteiger partial charge >= 0.3 is 0 Å². The standard InChI is InChI=1S/C11H15Cl2NO2/c1-16-11-9(13)6-8(12)7-10(11)14-4-2-3-5-15/h6-7,14-15H,2-5H2,1H3. The van der Waals surface area contributed by atoms with Crippen LogP contribution in [0.2, 0.25) is 10.0 Å². The van der Waals surface area contributed by atoms with E-state index in [9.17, 15) is 0 Å². The molecule has 90 valence electrons. The van der Waals surface area contributed by atoms with Crippen molar-refractivity contribution in [3.63, 3.8) is 0 Å². The largest absolute Gasteiger partial charge is 0.493 e. The van der Waals surface area contributed by atoms with Gasteiger partial charge in [-0.15, -0.1) is 0 Å². The number of hydrogen-bond acceptors (Lipinski definition) is 3.